The van der Waals surface area contributed by atoms with Crippen LogP contribution in [0, 0.1) is 0 Å². The van der Waals surface area contributed by atoms with E-state index in [9.17, 15) is 19.8 Å². The molecule has 0 spiro atoms. The minimum Gasteiger partial charge on any atom is -0.390 e. The number of rotatable bonds is 5. The predicted octanol–water partition coefficient (Wildman–Crippen LogP) is 1.63. The van der Waals surface area contributed by atoms with E-state index in [-0.39, 0.29) is 18.4 Å². The summed E-state index contributed by atoms with van der Waals surface area (Å²) in [6.07, 6.45) is 0.332. The Balaban J connectivity index is 1.33. The molecule has 6 heteroatoms. The Labute approximate surface area is 164 Å². The monoisotopic (exact) mass is 380 g/mol. The highest BCUT2D eigenvalue weighted by Crippen LogP contribution is 2.32. The molecule has 1 unspecified atom stereocenters. The highest BCUT2D eigenvalue weighted by molar-refractivity contribution is 6.21. The third-order valence-corrected chi connectivity index (χ3v) is 5.73. The van der Waals surface area contributed by atoms with Crippen molar-refractivity contribution >= 4 is 11.8 Å². The van der Waals surface area contributed by atoms with Crippen molar-refractivity contribution in [1.82, 2.24) is 9.80 Å². The Kier molecular flexibility index (Phi) is 5.02. The van der Waals surface area contributed by atoms with E-state index in [1.807, 2.05) is 30.3 Å². The Morgan fingerprint density at radius 3 is 1.96 bits per heavy atom. The lowest BCUT2D eigenvalue weighted by molar-refractivity contribution is -0.0354. The highest BCUT2D eigenvalue weighted by atomic mass is 16.3. The number of benzene rings is 2. The lowest BCUT2D eigenvalue weighted by atomic mass is 9.84. The van der Waals surface area contributed by atoms with E-state index in [0.717, 1.165) is 10.5 Å². The molecular weight excluding hydrogens is 356 g/mol. The first kappa shape index (κ1) is 18.8. The average Bonchev–Trinajstić information content (AvgIpc) is 2.96. The minimum atomic E-state index is -0.842. The van der Waals surface area contributed by atoms with Gasteiger partial charge in [-0.25, -0.2) is 0 Å². The number of piperidine rings is 1. The maximum Gasteiger partial charge on any atom is 0.261 e. The maximum atomic E-state index is 12.4. The third kappa shape index (κ3) is 3.46. The van der Waals surface area contributed by atoms with Gasteiger partial charge in [-0.1, -0.05) is 42.5 Å². The van der Waals surface area contributed by atoms with E-state index in [4.69, 9.17) is 0 Å². The molecule has 1 fully saturated rings. The number of fused-ring (bicyclic) bond motifs is 1. The zero-order chi connectivity index (χ0) is 19.7. The molecule has 2 aromatic carbocycles. The fourth-order valence-corrected chi connectivity index (χ4v) is 4.11. The summed E-state index contributed by atoms with van der Waals surface area (Å²) < 4.78 is 0. The average molecular weight is 380 g/mol. The van der Waals surface area contributed by atoms with Gasteiger partial charge in [-0.05, 0) is 30.5 Å². The largest absolute Gasteiger partial charge is 0.390 e. The van der Waals surface area contributed by atoms with Crippen molar-refractivity contribution in [3.8, 4) is 0 Å². The summed E-state index contributed by atoms with van der Waals surface area (Å²) in [7, 11) is 0. The van der Waals surface area contributed by atoms with Gasteiger partial charge in [-0.15, -0.1) is 0 Å². The van der Waals surface area contributed by atoms with Gasteiger partial charge in [-0.2, -0.15) is 0 Å². The Morgan fingerprint density at radius 1 is 0.857 bits per heavy atom. The van der Waals surface area contributed by atoms with E-state index < -0.39 is 11.7 Å². The summed E-state index contributed by atoms with van der Waals surface area (Å²) in [4.78, 5) is 28.0. The van der Waals surface area contributed by atoms with Gasteiger partial charge in [0.2, 0.25) is 0 Å². The van der Waals surface area contributed by atoms with Crippen LogP contribution in [0.5, 0.6) is 0 Å². The number of carbonyl (C=O) groups is 2. The molecule has 0 bridgehead atoms. The maximum absolute atomic E-state index is 12.4. The molecule has 2 N–H and O–H groups in total. The van der Waals surface area contributed by atoms with Crippen LogP contribution in [-0.4, -0.2) is 64.1 Å². The molecule has 1 atom stereocenters. The minimum absolute atomic E-state index is 0.0220. The van der Waals surface area contributed by atoms with Gasteiger partial charge >= 0.3 is 0 Å². The lowest BCUT2D eigenvalue weighted by Crippen LogP contribution is -2.47. The van der Waals surface area contributed by atoms with Crippen LogP contribution in [0.2, 0.25) is 0 Å². The lowest BCUT2D eigenvalue weighted by Gasteiger charge is -2.39. The second-order valence-electron chi connectivity index (χ2n) is 7.62. The molecule has 28 heavy (non-hydrogen) atoms. The molecule has 146 valence electrons. The number of hydrogen-bond donors (Lipinski definition) is 2. The number of likely N-dealkylation sites (tertiary alicyclic amines) is 1. The first-order valence-electron chi connectivity index (χ1n) is 9.61. The number of β-amino-alcohol motifs (C(OH)–C–C–N with tert-alkyl or cyclic N) is 1. The number of imide groups is 1. The third-order valence-electron chi connectivity index (χ3n) is 5.73. The molecular formula is C22H24N2O4. The standard InChI is InChI=1S/C22H24N2O4/c25-17(15-24-20(26)18-8-4-5-9-19(18)21(24)27)14-23-12-10-22(28,11-13-23)16-6-2-1-3-7-16/h1-9,17,25,28H,10-15H2. The summed E-state index contributed by atoms with van der Waals surface area (Å²) >= 11 is 0. The fourth-order valence-electron chi connectivity index (χ4n) is 4.11. The zero-order valence-corrected chi connectivity index (χ0v) is 15.6. The molecule has 2 amide bonds. The van der Waals surface area contributed by atoms with Crippen molar-refractivity contribution in [2.24, 2.45) is 0 Å². The van der Waals surface area contributed by atoms with Crippen molar-refractivity contribution in [2.45, 2.75) is 24.5 Å². The molecule has 0 saturated carbocycles. The summed E-state index contributed by atoms with van der Waals surface area (Å²) in [5, 5.41) is 21.4. The van der Waals surface area contributed by atoms with Crippen molar-refractivity contribution in [3.63, 3.8) is 0 Å². The molecule has 4 rings (SSSR count). The van der Waals surface area contributed by atoms with Crippen molar-refractivity contribution in [2.75, 3.05) is 26.2 Å². The smallest absolute Gasteiger partial charge is 0.261 e. The van der Waals surface area contributed by atoms with Gasteiger partial charge in [0, 0.05) is 19.6 Å². The topological polar surface area (TPSA) is 81.1 Å². The first-order valence-corrected chi connectivity index (χ1v) is 9.61. The molecule has 0 aromatic heterocycles. The SMILES string of the molecule is O=C1c2ccccc2C(=O)N1CC(O)CN1CCC(O)(c2ccccc2)CC1. The van der Waals surface area contributed by atoms with Crippen LogP contribution in [0.1, 0.15) is 39.1 Å². The van der Waals surface area contributed by atoms with Crippen LogP contribution in [-0.2, 0) is 5.60 Å². The summed E-state index contributed by atoms with van der Waals surface area (Å²) in [6.45, 7) is 1.62. The number of nitrogens with zero attached hydrogens (tertiary/aromatic N) is 2. The van der Waals surface area contributed by atoms with Gasteiger partial charge in [0.1, 0.15) is 0 Å². The van der Waals surface area contributed by atoms with Crippen LogP contribution in [0.3, 0.4) is 0 Å². The molecule has 2 aliphatic rings. The Hall–Kier alpha value is -2.54. The normalized spacial score (nSPS) is 20.3. The number of hydrogen-bond acceptors (Lipinski definition) is 5. The van der Waals surface area contributed by atoms with Crippen molar-refractivity contribution in [3.05, 3.63) is 71.3 Å². The van der Waals surface area contributed by atoms with Crippen LogP contribution >= 0.6 is 0 Å². The molecule has 0 aliphatic carbocycles. The van der Waals surface area contributed by atoms with Gasteiger partial charge < -0.3 is 15.1 Å². The fraction of sp³-hybridized carbons (Fsp3) is 0.364. The van der Waals surface area contributed by atoms with Crippen molar-refractivity contribution in [1.29, 1.82) is 0 Å². The van der Waals surface area contributed by atoms with Gasteiger partial charge in [-0.3, -0.25) is 14.5 Å². The van der Waals surface area contributed by atoms with Gasteiger partial charge in [0.15, 0.2) is 0 Å². The quantitative estimate of drug-likeness (QED) is 0.771. The van der Waals surface area contributed by atoms with Crippen LogP contribution in [0.4, 0.5) is 0 Å². The molecule has 6 nitrogen and oxygen atoms in total. The summed E-state index contributed by atoms with van der Waals surface area (Å²) in [6, 6.07) is 16.4. The zero-order valence-electron chi connectivity index (χ0n) is 15.6. The highest BCUT2D eigenvalue weighted by Gasteiger charge is 2.37. The van der Waals surface area contributed by atoms with Crippen LogP contribution in [0.25, 0.3) is 0 Å². The molecule has 2 heterocycles. The predicted molar refractivity (Wildman–Crippen MR) is 104 cm³/mol. The summed E-state index contributed by atoms with van der Waals surface area (Å²) in [5.41, 5.74) is 0.864. The van der Waals surface area contributed by atoms with Gasteiger partial charge in [0.05, 0.1) is 29.4 Å². The Morgan fingerprint density at radius 2 is 1.39 bits per heavy atom. The second-order valence-corrected chi connectivity index (χ2v) is 7.62. The molecule has 0 radical (unpaired) electrons. The van der Waals surface area contributed by atoms with Crippen LogP contribution in [0.15, 0.2) is 54.6 Å². The molecule has 2 aromatic rings. The number of aliphatic hydroxyl groups excluding tert-OH is 1. The van der Waals surface area contributed by atoms with Crippen LogP contribution < -0.4 is 0 Å². The summed E-state index contributed by atoms with van der Waals surface area (Å²) in [5.74, 6) is -0.700. The molecule has 2 aliphatic heterocycles. The van der Waals surface area contributed by atoms with E-state index >= 15 is 0 Å². The number of aliphatic hydroxyl groups is 2. The van der Waals surface area contributed by atoms with E-state index in [2.05, 4.69) is 4.90 Å². The second kappa shape index (κ2) is 7.47. The Bertz CT molecular complexity index is 840. The van der Waals surface area contributed by atoms with E-state index in [0.29, 0.717) is 43.6 Å². The van der Waals surface area contributed by atoms with E-state index in [1.165, 1.54) is 0 Å². The van der Waals surface area contributed by atoms with Gasteiger partial charge in [0.25, 0.3) is 11.8 Å². The first-order chi connectivity index (χ1) is 13.5. The number of amides is 2. The van der Waals surface area contributed by atoms with Crippen molar-refractivity contribution < 1.29 is 19.8 Å². The number of carbonyl (C=O) groups excluding carboxylic acids is 2. The molecule has 1 saturated heterocycles. The van der Waals surface area contributed by atoms with E-state index in [1.54, 1.807) is 24.3 Å².